The van der Waals surface area contributed by atoms with Gasteiger partial charge in [-0.25, -0.2) is 9.59 Å². The normalized spacial score (nSPS) is 12.0. The summed E-state index contributed by atoms with van der Waals surface area (Å²) in [6, 6.07) is 7.12. The molecule has 1 rings (SSSR count). The number of carbonyl (C=O) groups is 3. The molecule has 0 aliphatic heterocycles. The van der Waals surface area contributed by atoms with E-state index in [0.29, 0.717) is 6.42 Å². The Morgan fingerprint density at radius 1 is 1.28 bits per heavy atom. The lowest BCUT2D eigenvalue weighted by molar-refractivity contribution is -0.139. The third-order valence-corrected chi connectivity index (χ3v) is 3.93. The van der Waals surface area contributed by atoms with E-state index in [2.05, 4.69) is 10.6 Å². The summed E-state index contributed by atoms with van der Waals surface area (Å²) in [6.45, 7) is 5.99. The van der Waals surface area contributed by atoms with Crippen molar-refractivity contribution in [3.63, 3.8) is 0 Å². The third kappa shape index (κ3) is 8.05. The Balaban J connectivity index is 2.92. The van der Waals surface area contributed by atoms with Crippen LogP contribution in [0.4, 0.5) is 5.69 Å². The van der Waals surface area contributed by atoms with Crippen LogP contribution in [0.15, 0.2) is 36.0 Å². The second-order valence-electron chi connectivity index (χ2n) is 6.85. The van der Waals surface area contributed by atoms with Crippen molar-refractivity contribution < 1.29 is 24.2 Å². The quantitative estimate of drug-likeness (QED) is 0.225. The molecule has 0 radical (unpaired) electrons. The molecule has 0 fully saturated rings. The van der Waals surface area contributed by atoms with Gasteiger partial charge in [0.25, 0.3) is 5.91 Å². The van der Waals surface area contributed by atoms with Crippen LogP contribution in [0.1, 0.15) is 50.4 Å². The van der Waals surface area contributed by atoms with Crippen LogP contribution in [0.5, 0.6) is 0 Å². The van der Waals surface area contributed by atoms with Crippen LogP contribution in [0.3, 0.4) is 0 Å². The van der Waals surface area contributed by atoms with E-state index in [1.165, 1.54) is 12.1 Å². The summed E-state index contributed by atoms with van der Waals surface area (Å²) in [5.41, 5.74) is 0.0664. The van der Waals surface area contributed by atoms with Gasteiger partial charge >= 0.3 is 11.9 Å². The smallest absolute Gasteiger partial charge is 0.340 e. The minimum absolute atomic E-state index is 0.113. The van der Waals surface area contributed by atoms with Gasteiger partial charge in [0, 0.05) is 6.20 Å². The lowest BCUT2D eigenvalue weighted by Crippen LogP contribution is -2.35. The summed E-state index contributed by atoms with van der Waals surface area (Å²) in [7, 11) is 0. The van der Waals surface area contributed by atoms with Gasteiger partial charge in [0.15, 0.2) is 0 Å². The summed E-state index contributed by atoms with van der Waals surface area (Å²) in [6.07, 6.45) is 3.02. The Kier molecular flexibility index (Phi) is 9.96. The van der Waals surface area contributed by atoms with Crippen molar-refractivity contribution >= 4 is 23.5 Å². The maximum atomic E-state index is 12.4. The SMILES string of the molecule is CCCCOC(=O)c1ccccc1NC(=O)/C(C#N)=C\NC(CC(C)C)C(=O)O. The fraction of sp³-hybridized carbons (Fsp3) is 0.429. The first-order valence-electron chi connectivity index (χ1n) is 9.46. The van der Waals surface area contributed by atoms with Gasteiger partial charge in [-0.3, -0.25) is 4.79 Å². The van der Waals surface area contributed by atoms with Crippen LogP contribution in [0.2, 0.25) is 0 Å². The number of benzene rings is 1. The highest BCUT2D eigenvalue weighted by atomic mass is 16.5. The molecule has 3 N–H and O–H groups in total. The fourth-order valence-corrected chi connectivity index (χ4v) is 2.39. The van der Waals surface area contributed by atoms with E-state index in [4.69, 9.17) is 4.74 Å². The van der Waals surface area contributed by atoms with Crippen LogP contribution < -0.4 is 10.6 Å². The van der Waals surface area contributed by atoms with E-state index in [1.54, 1.807) is 18.2 Å². The summed E-state index contributed by atoms with van der Waals surface area (Å²) in [5, 5.41) is 23.6. The molecule has 29 heavy (non-hydrogen) atoms. The number of ether oxygens (including phenoxy) is 1. The van der Waals surface area contributed by atoms with Gasteiger partial charge < -0.3 is 20.5 Å². The Morgan fingerprint density at radius 2 is 1.97 bits per heavy atom. The zero-order valence-corrected chi connectivity index (χ0v) is 16.9. The zero-order chi connectivity index (χ0) is 21.8. The number of esters is 1. The number of hydrogen-bond donors (Lipinski definition) is 3. The molecule has 1 unspecified atom stereocenters. The first kappa shape index (κ1) is 23.7. The van der Waals surface area contributed by atoms with E-state index >= 15 is 0 Å². The number of unbranched alkanes of at least 4 members (excludes halogenated alkanes) is 1. The molecule has 0 spiro atoms. The number of para-hydroxylation sites is 1. The van der Waals surface area contributed by atoms with Crippen molar-refractivity contribution in [2.45, 2.75) is 46.1 Å². The topological polar surface area (TPSA) is 129 Å². The van der Waals surface area contributed by atoms with Crippen LogP contribution in [0, 0.1) is 17.2 Å². The number of anilines is 1. The highest BCUT2D eigenvalue weighted by molar-refractivity contribution is 6.09. The van der Waals surface area contributed by atoms with Gasteiger partial charge in [-0.15, -0.1) is 0 Å². The Bertz CT molecular complexity index is 796. The average Bonchev–Trinajstić information content (AvgIpc) is 2.67. The molecule has 1 atom stereocenters. The number of nitrogens with one attached hydrogen (secondary N) is 2. The Labute approximate surface area is 170 Å². The molecule has 0 saturated carbocycles. The Hall–Kier alpha value is -3.34. The molecule has 0 saturated heterocycles. The van der Waals surface area contributed by atoms with Crippen molar-refractivity contribution in [2.24, 2.45) is 5.92 Å². The van der Waals surface area contributed by atoms with Crippen molar-refractivity contribution in [3.8, 4) is 6.07 Å². The highest BCUT2D eigenvalue weighted by Crippen LogP contribution is 2.17. The van der Waals surface area contributed by atoms with E-state index in [-0.39, 0.29) is 29.3 Å². The molecule has 1 amide bonds. The second kappa shape index (κ2) is 12.2. The molecular weight excluding hydrogens is 374 g/mol. The minimum atomic E-state index is -1.08. The van der Waals surface area contributed by atoms with Crippen LogP contribution in [-0.4, -0.2) is 35.6 Å². The first-order chi connectivity index (χ1) is 13.8. The molecule has 0 aromatic heterocycles. The van der Waals surface area contributed by atoms with E-state index in [1.807, 2.05) is 20.8 Å². The first-order valence-corrected chi connectivity index (χ1v) is 9.46. The number of carbonyl (C=O) groups excluding carboxylic acids is 2. The highest BCUT2D eigenvalue weighted by Gasteiger charge is 2.20. The number of amides is 1. The number of rotatable bonds is 11. The largest absolute Gasteiger partial charge is 0.480 e. The van der Waals surface area contributed by atoms with E-state index < -0.39 is 23.9 Å². The average molecular weight is 401 g/mol. The number of carboxylic acids is 1. The van der Waals surface area contributed by atoms with Crippen molar-refractivity contribution in [1.29, 1.82) is 5.26 Å². The van der Waals surface area contributed by atoms with Crippen LogP contribution in [0.25, 0.3) is 0 Å². The third-order valence-electron chi connectivity index (χ3n) is 3.93. The van der Waals surface area contributed by atoms with Gasteiger partial charge in [-0.05, 0) is 30.9 Å². The summed E-state index contributed by atoms with van der Waals surface area (Å²) >= 11 is 0. The number of nitrogens with zero attached hydrogens (tertiary/aromatic N) is 1. The Morgan fingerprint density at radius 3 is 2.55 bits per heavy atom. The molecule has 156 valence electrons. The lowest BCUT2D eigenvalue weighted by Gasteiger charge is -2.15. The standard InChI is InChI=1S/C21H27N3O5/c1-4-5-10-29-21(28)16-8-6-7-9-17(16)24-19(25)15(12-22)13-23-18(20(26)27)11-14(2)3/h6-9,13-14,18,23H,4-5,10-11H2,1-3H3,(H,24,25)(H,26,27)/b15-13-. The maximum Gasteiger partial charge on any atom is 0.340 e. The predicted octanol–water partition coefficient (Wildman–Crippen LogP) is 3.08. The monoisotopic (exact) mass is 401 g/mol. The fourth-order valence-electron chi connectivity index (χ4n) is 2.39. The molecular formula is C21H27N3O5. The molecule has 0 aliphatic rings. The van der Waals surface area contributed by atoms with Crippen molar-refractivity contribution in [1.82, 2.24) is 5.32 Å². The van der Waals surface area contributed by atoms with E-state index in [9.17, 15) is 24.8 Å². The zero-order valence-electron chi connectivity index (χ0n) is 16.9. The number of carboxylic acid groups (broad SMARTS) is 1. The molecule has 1 aromatic carbocycles. The lowest BCUT2D eigenvalue weighted by atomic mass is 10.0. The molecule has 0 heterocycles. The van der Waals surface area contributed by atoms with Gasteiger partial charge in [0.2, 0.25) is 0 Å². The molecule has 1 aromatic rings. The molecule has 0 bridgehead atoms. The summed E-state index contributed by atoms with van der Waals surface area (Å²) in [5.74, 6) is -2.30. The maximum absolute atomic E-state index is 12.4. The van der Waals surface area contributed by atoms with Gasteiger partial charge in [-0.2, -0.15) is 5.26 Å². The van der Waals surface area contributed by atoms with E-state index in [0.717, 1.165) is 19.0 Å². The summed E-state index contributed by atoms with van der Waals surface area (Å²) in [4.78, 5) is 36.0. The molecule has 8 heteroatoms. The van der Waals surface area contributed by atoms with Gasteiger partial charge in [0.1, 0.15) is 17.7 Å². The second-order valence-corrected chi connectivity index (χ2v) is 6.85. The molecule has 8 nitrogen and oxygen atoms in total. The van der Waals surface area contributed by atoms with Crippen molar-refractivity contribution in [3.05, 3.63) is 41.6 Å². The predicted molar refractivity (Wildman–Crippen MR) is 108 cm³/mol. The van der Waals surface area contributed by atoms with Crippen molar-refractivity contribution in [2.75, 3.05) is 11.9 Å². The van der Waals surface area contributed by atoms with Gasteiger partial charge in [0.05, 0.1) is 17.9 Å². The number of nitriles is 1. The summed E-state index contributed by atoms with van der Waals surface area (Å²) < 4.78 is 5.17. The van der Waals surface area contributed by atoms with Crippen LogP contribution >= 0.6 is 0 Å². The minimum Gasteiger partial charge on any atom is -0.480 e. The molecule has 0 aliphatic carbocycles. The van der Waals surface area contributed by atoms with Gasteiger partial charge in [-0.1, -0.05) is 39.3 Å². The number of hydrogen-bond acceptors (Lipinski definition) is 6. The van der Waals surface area contributed by atoms with Crippen LogP contribution in [-0.2, 0) is 14.3 Å². The number of aliphatic carboxylic acids is 1.